The van der Waals surface area contributed by atoms with E-state index in [0.29, 0.717) is 0 Å². The van der Waals surface area contributed by atoms with Crippen LogP contribution in [0.15, 0.2) is 17.6 Å². The second kappa shape index (κ2) is 5.53. The van der Waals surface area contributed by atoms with Gasteiger partial charge in [0.05, 0.1) is 11.4 Å². The smallest absolute Gasteiger partial charge is 0.209 e. The van der Waals surface area contributed by atoms with Crippen LogP contribution in [0.2, 0.25) is 0 Å². The average Bonchev–Trinajstić information content (AvgIpc) is 2.94. The highest BCUT2D eigenvalue weighted by molar-refractivity contribution is 7.99. The van der Waals surface area contributed by atoms with E-state index in [1.165, 1.54) is 0 Å². The van der Waals surface area contributed by atoms with Gasteiger partial charge in [-0.1, -0.05) is 18.7 Å². The van der Waals surface area contributed by atoms with Crippen molar-refractivity contribution in [3.8, 4) is 0 Å². The zero-order chi connectivity index (χ0) is 13.1. The lowest BCUT2D eigenvalue weighted by Gasteiger charge is -2.19. The molecule has 98 valence electrons. The van der Waals surface area contributed by atoms with Crippen LogP contribution in [0.1, 0.15) is 30.0 Å². The van der Waals surface area contributed by atoms with Crippen LogP contribution in [0.4, 0.5) is 0 Å². The van der Waals surface area contributed by atoms with Gasteiger partial charge in [-0.15, -0.1) is 5.10 Å². The molecule has 0 fully saturated rings. The number of hydrogen-bond donors (Lipinski definition) is 2. The standard InChI is InChI=1S/C11H18N6S/c1-4-9(12)10(8-5-13-17(3)6-8)18-11-14-7(2)15-16-11/h5-6,9-10H,4,12H2,1-3H3,(H,14,15,16). The number of aromatic nitrogens is 5. The Labute approximate surface area is 110 Å². The van der Waals surface area contributed by atoms with Gasteiger partial charge in [0, 0.05) is 24.8 Å². The van der Waals surface area contributed by atoms with Gasteiger partial charge in [0.2, 0.25) is 5.16 Å². The quantitative estimate of drug-likeness (QED) is 0.799. The summed E-state index contributed by atoms with van der Waals surface area (Å²) in [7, 11) is 1.90. The van der Waals surface area contributed by atoms with Gasteiger partial charge in [0.1, 0.15) is 5.82 Å². The Kier molecular flexibility index (Phi) is 4.03. The first-order valence-electron chi connectivity index (χ1n) is 5.90. The number of thioether (sulfide) groups is 1. The fraction of sp³-hybridized carbons (Fsp3) is 0.545. The van der Waals surface area contributed by atoms with Crippen molar-refractivity contribution in [3.63, 3.8) is 0 Å². The van der Waals surface area contributed by atoms with E-state index in [0.717, 1.165) is 23.0 Å². The lowest BCUT2D eigenvalue weighted by Crippen LogP contribution is -2.25. The third-order valence-corrected chi connectivity index (χ3v) is 3.99. The predicted molar refractivity (Wildman–Crippen MR) is 71.2 cm³/mol. The van der Waals surface area contributed by atoms with Gasteiger partial charge in [-0.3, -0.25) is 9.78 Å². The molecule has 2 heterocycles. The Morgan fingerprint density at radius 2 is 2.33 bits per heavy atom. The molecule has 0 aromatic carbocycles. The molecule has 0 amide bonds. The first-order valence-corrected chi connectivity index (χ1v) is 6.78. The molecule has 0 bridgehead atoms. The van der Waals surface area contributed by atoms with E-state index < -0.39 is 0 Å². The molecule has 0 spiro atoms. The first kappa shape index (κ1) is 13.1. The van der Waals surface area contributed by atoms with Crippen molar-refractivity contribution in [1.29, 1.82) is 0 Å². The molecule has 0 saturated carbocycles. The Morgan fingerprint density at radius 1 is 1.56 bits per heavy atom. The molecule has 2 unspecified atom stereocenters. The molecule has 0 aliphatic carbocycles. The topological polar surface area (TPSA) is 85.4 Å². The number of aryl methyl sites for hydroxylation is 2. The summed E-state index contributed by atoms with van der Waals surface area (Å²) in [5.41, 5.74) is 7.30. The van der Waals surface area contributed by atoms with Crippen molar-refractivity contribution in [2.45, 2.75) is 36.7 Å². The molecule has 0 saturated heterocycles. The van der Waals surface area contributed by atoms with Crippen molar-refractivity contribution in [2.24, 2.45) is 12.8 Å². The zero-order valence-corrected chi connectivity index (χ0v) is 11.6. The van der Waals surface area contributed by atoms with Gasteiger partial charge < -0.3 is 5.73 Å². The van der Waals surface area contributed by atoms with E-state index in [2.05, 4.69) is 27.2 Å². The van der Waals surface area contributed by atoms with Gasteiger partial charge in [-0.2, -0.15) is 5.10 Å². The van der Waals surface area contributed by atoms with E-state index in [9.17, 15) is 0 Å². The molecule has 0 aliphatic heterocycles. The molecule has 7 heteroatoms. The highest BCUT2D eigenvalue weighted by atomic mass is 32.2. The van der Waals surface area contributed by atoms with E-state index in [4.69, 9.17) is 5.73 Å². The summed E-state index contributed by atoms with van der Waals surface area (Å²) in [5.74, 6) is 0.813. The number of hydrogen-bond acceptors (Lipinski definition) is 5. The van der Waals surface area contributed by atoms with Crippen LogP contribution in [-0.4, -0.2) is 31.0 Å². The normalized spacial score (nSPS) is 14.7. The number of rotatable bonds is 5. The van der Waals surface area contributed by atoms with Gasteiger partial charge in [-0.25, -0.2) is 4.98 Å². The van der Waals surface area contributed by atoms with Crippen LogP contribution < -0.4 is 5.73 Å². The van der Waals surface area contributed by atoms with Crippen molar-refractivity contribution in [2.75, 3.05) is 0 Å². The minimum absolute atomic E-state index is 0.0537. The third kappa shape index (κ3) is 2.91. The number of nitrogens with one attached hydrogen (secondary N) is 1. The SMILES string of the molecule is CCC(N)C(Sc1n[nH]c(C)n1)c1cnn(C)c1. The van der Waals surface area contributed by atoms with E-state index >= 15 is 0 Å². The minimum Gasteiger partial charge on any atom is -0.326 e. The highest BCUT2D eigenvalue weighted by Crippen LogP contribution is 2.36. The van der Waals surface area contributed by atoms with E-state index in [1.807, 2.05) is 26.4 Å². The third-order valence-electron chi connectivity index (χ3n) is 2.72. The van der Waals surface area contributed by atoms with Crippen LogP contribution in [0.5, 0.6) is 0 Å². The fourth-order valence-corrected chi connectivity index (χ4v) is 2.83. The maximum Gasteiger partial charge on any atom is 0.209 e. The summed E-state index contributed by atoms with van der Waals surface area (Å²) < 4.78 is 1.79. The Morgan fingerprint density at radius 3 is 2.83 bits per heavy atom. The molecule has 0 aliphatic rings. The molecule has 2 aromatic rings. The maximum atomic E-state index is 6.19. The van der Waals surface area contributed by atoms with Gasteiger partial charge >= 0.3 is 0 Å². The summed E-state index contributed by atoms with van der Waals surface area (Å²) >= 11 is 1.58. The number of nitrogens with zero attached hydrogens (tertiary/aromatic N) is 4. The molecule has 3 N–H and O–H groups in total. The molecular weight excluding hydrogens is 248 g/mol. The van der Waals surface area contributed by atoms with Gasteiger partial charge in [-0.05, 0) is 13.3 Å². The van der Waals surface area contributed by atoms with Crippen LogP contribution in [-0.2, 0) is 7.05 Å². The Balaban J connectivity index is 2.20. The Hall–Kier alpha value is -1.34. The molecule has 18 heavy (non-hydrogen) atoms. The fourth-order valence-electron chi connectivity index (χ4n) is 1.69. The highest BCUT2D eigenvalue weighted by Gasteiger charge is 2.23. The van der Waals surface area contributed by atoms with Gasteiger partial charge in [0.25, 0.3) is 0 Å². The average molecular weight is 266 g/mol. The van der Waals surface area contributed by atoms with E-state index in [-0.39, 0.29) is 11.3 Å². The molecule has 0 radical (unpaired) electrons. The molecule has 2 atom stereocenters. The Bertz CT molecular complexity index is 505. The molecule has 2 aromatic heterocycles. The largest absolute Gasteiger partial charge is 0.326 e. The maximum absolute atomic E-state index is 6.19. The molecule has 6 nitrogen and oxygen atoms in total. The van der Waals surface area contributed by atoms with Crippen molar-refractivity contribution >= 4 is 11.8 Å². The summed E-state index contributed by atoms with van der Waals surface area (Å²) in [4.78, 5) is 4.31. The summed E-state index contributed by atoms with van der Waals surface area (Å²) in [6.45, 7) is 3.97. The number of aromatic amines is 1. The van der Waals surface area contributed by atoms with Crippen molar-refractivity contribution < 1.29 is 0 Å². The minimum atomic E-state index is 0.0537. The summed E-state index contributed by atoms with van der Waals surface area (Å²) in [6.07, 6.45) is 4.75. The number of H-pyrrole nitrogens is 1. The predicted octanol–water partition coefficient (Wildman–Crippen LogP) is 1.42. The first-order chi connectivity index (χ1) is 8.60. The second-order valence-corrected chi connectivity index (χ2v) is 5.37. The molecule has 2 rings (SSSR count). The lowest BCUT2D eigenvalue weighted by molar-refractivity contribution is 0.632. The number of nitrogens with two attached hydrogens (primary N) is 1. The van der Waals surface area contributed by atoms with Crippen molar-refractivity contribution in [3.05, 3.63) is 23.8 Å². The van der Waals surface area contributed by atoms with Crippen molar-refractivity contribution in [1.82, 2.24) is 25.0 Å². The van der Waals surface area contributed by atoms with Crippen LogP contribution in [0.25, 0.3) is 0 Å². The monoisotopic (exact) mass is 266 g/mol. The molecular formula is C11H18N6S. The van der Waals surface area contributed by atoms with E-state index in [1.54, 1.807) is 16.4 Å². The van der Waals surface area contributed by atoms with Crippen LogP contribution >= 0.6 is 11.8 Å². The van der Waals surface area contributed by atoms with Crippen LogP contribution in [0, 0.1) is 6.92 Å². The summed E-state index contributed by atoms with van der Waals surface area (Å²) in [6, 6.07) is 0.0537. The summed E-state index contributed by atoms with van der Waals surface area (Å²) in [5, 5.41) is 12.0. The lowest BCUT2D eigenvalue weighted by atomic mass is 10.1. The second-order valence-electron chi connectivity index (χ2n) is 4.26. The zero-order valence-electron chi connectivity index (χ0n) is 10.8. The van der Waals surface area contributed by atoms with Crippen LogP contribution in [0.3, 0.4) is 0 Å². The van der Waals surface area contributed by atoms with Gasteiger partial charge in [0.15, 0.2) is 0 Å².